The molecule has 0 unspecified atom stereocenters. The molecule has 0 saturated carbocycles. The van der Waals surface area contributed by atoms with Crippen LogP contribution in [0.25, 0.3) is 6.08 Å². The Morgan fingerprint density at radius 3 is 2.70 bits per heavy atom. The molecule has 1 aromatic rings. The maximum Gasteiger partial charge on any atom is 0.367 e. The molecule has 2 aliphatic rings. The van der Waals surface area contributed by atoms with Gasteiger partial charge >= 0.3 is 5.84 Å². The Morgan fingerprint density at radius 2 is 2.00 bits per heavy atom. The number of nitrogens with zero attached hydrogens (tertiary/aromatic N) is 3. The van der Waals surface area contributed by atoms with E-state index in [0.29, 0.717) is 23.9 Å². The molecule has 9 nitrogen and oxygen atoms in total. The first kappa shape index (κ1) is 19.5. The molecular formula is C17H23ClN5O4+. The summed E-state index contributed by atoms with van der Waals surface area (Å²) in [6.45, 7) is 3.24. The summed E-state index contributed by atoms with van der Waals surface area (Å²) in [5.41, 5.74) is 5.24. The van der Waals surface area contributed by atoms with E-state index in [1.807, 2.05) is 44.4 Å². The van der Waals surface area contributed by atoms with Gasteiger partial charge in [-0.15, -0.1) is 5.01 Å². The Hall–Kier alpha value is -2.30. The van der Waals surface area contributed by atoms with Crippen molar-refractivity contribution in [3.05, 3.63) is 53.1 Å². The SMILES string of the molecule is CC1=C(NCCCN(C)C)NN2C=Cc3ccccc3C2=[N+]1O[Cl+3]([O-])([O-])[O-]. The van der Waals surface area contributed by atoms with Crippen LogP contribution in [0.15, 0.2) is 42.0 Å². The molecule has 3 rings (SSSR count). The predicted molar refractivity (Wildman–Crippen MR) is 89.8 cm³/mol. The lowest BCUT2D eigenvalue weighted by Gasteiger charge is -2.27. The molecular weight excluding hydrogens is 374 g/mol. The largest absolute Gasteiger partial charge is 0.367 e. The Kier molecular flexibility index (Phi) is 5.59. The van der Waals surface area contributed by atoms with Crippen LogP contribution in [0.3, 0.4) is 0 Å². The second-order valence-electron chi connectivity index (χ2n) is 6.49. The Labute approximate surface area is 160 Å². The highest BCUT2D eigenvalue weighted by molar-refractivity contribution is 6.01. The number of fused-ring (bicyclic) bond motifs is 3. The molecule has 0 amide bonds. The molecule has 0 aromatic heterocycles. The van der Waals surface area contributed by atoms with E-state index in [-0.39, 0.29) is 0 Å². The third kappa shape index (κ3) is 4.52. The van der Waals surface area contributed by atoms with Crippen molar-refractivity contribution < 1.29 is 33.3 Å². The average Bonchev–Trinajstić information content (AvgIpc) is 2.60. The number of rotatable bonds is 7. The summed E-state index contributed by atoms with van der Waals surface area (Å²) >= 11 is 0. The van der Waals surface area contributed by atoms with Gasteiger partial charge in [-0.2, -0.15) is 14.0 Å². The summed E-state index contributed by atoms with van der Waals surface area (Å²) < 4.78 is 39.7. The highest BCUT2D eigenvalue weighted by Crippen LogP contribution is 2.24. The molecule has 0 aliphatic carbocycles. The molecule has 0 fully saturated rings. The quantitative estimate of drug-likeness (QED) is 0.395. The lowest BCUT2D eigenvalue weighted by molar-refractivity contribution is -1.94. The maximum absolute atomic E-state index is 11.3. The molecule has 27 heavy (non-hydrogen) atoms. The standard InChI is InChI=1S/C17H23ClN5O4/c1-13-16(19-10-6-11-21(2)3)20-22-12-9-14-7-4-5-8-15(14)17(22)23(13)27-18(24,25)26/h4-5,7-9,12,19-20H,6,10-11H2,1-3H3/q+1. The fraction of sp³-hybridized carbons (Fsp3) is 0.353. The van der Waals surface area contributed by atoms with Gasteiger partial charge in [-0.25, -0.2) is 5.43 Å². The van der Waals surface area contributed by atoms with Gasteiger partial charge in [0.15, 0.2) is 16.1 Å². The van der Waals surface area contributed by atoms with Crippen LogP contribution in [-0.4, -0.2) is 47.7 Å². The van der Waals surface area contributed by atoms with Crippen LogP contribution in [0, 0.1) is 10.2 Å². The van der Waals surface area contributed by atoms with Crippen LogP contribution in [0.2, 0.25) is 0 Å². The van der Waals surface area contributed by atoms with Crippen LogP contribution in [0.1, 0.15) is 24.5 Å². The van der Waals surface area contributed by atoms with Crippen molar-refractivity contribution in [1.29, 1.82) is 0 Å². The van der Waals surface area contributed by atoms with Crippen molar-refractivity contribution in [3.63, 3.8) is 0 Å². The molecule has 10 heteroatoms. The van der Waals surface area contributed by atoms with Crippen molar-refractivity contribution >= 4 is 11.9 Å². The van der Waals surface area contributed by atoms with E-state index in [4.69, 9.17) is 4.39 Å². The average molecular weight is 397 g/mol. The summed E-state index contributed by atoms with van der Waals surface area (Å²) in [7, 11) is -0.674. The molecule has 146 valence electrons. The number of amidine groups is 1. The number of hydroxylamine groups is 1. The second kappa shape index (κ2) is 7.75. The molecule has 1 aromatic carbocycles. The summed E-state index contributed by atoms with van der Waals surface area (Å²) in [5, 5.41) is 4.85. The first-order valence-electron chi connectivity index (χ1n) is 8.47. The molecule has 2 heterocycles. The Bertz CT molecular complexity index is 801. The highest BCUT2D eigenvalue weighted by atomic mass is 35.7. The molecule has 0 spiro atoms. The smallest absolute Gasteiger partial charge is 0.366 e. The van der Waals surface area contributed by atoms with Crippen LogP contribution in [0.4, 0.5) is 0 Å². The third-order valence-corrected chi connectivity index (χ3v) is 4.47. The van der Waals surface area contributed by atoms with Gasteiger partial charge in [-0.05, 0) is 44.8 Å². The lowest BCUT2D eigenvalue weighted by Crippen LogP contribution is -2.64. The van der Waals surface area contributed by atoms with Gasteiger partial charge in [-0.3, -0.25) is 0 Å². The number of hydrogen-bond acceptors (Lipinski definition) is 8. The van der Waals surface area contributed by atoms with E-state index in [1.54, 1.807) is 18.1 Å². The topological polar surface area (TPSA) is 112 Å². The lowest BCUT2D eigenvalue weighted by atomic mass is 10.0. The van der Waals surface area contributed by atoms with Crippen LogP contribution in [-0.2, 0) is 4.39 Å². The van der Waals surface area contributed by atoms with E-state index in [9.17, 15) is 14.0 Å². The molecule has 0 saturated heterocycles. The fourth-order valence-corrected chi connectivity index (χ4v) is 3.24. The van der Waals surface area contributed by atoms with Gasteiger partial charge in [0.1, 0.15) is 10.6 Å². The maximum atomic E-state index is 11.3. The van der Waals surface area contributed by atoms with Crippen molar-refractivity contribution in [3.8, 4) is 0 Å². The predicted octanol–water partition coefficient (Wildman–Crippen LogP) is -2.19. The molecule has 0 radical (unpaired) electrons. The zero-order chi connectivity index (χ0) is 19.6. The highest BCUT2D eigenvalue weighted by Gasteiger charge is 2.43. The summed E-state index contributed by atoms with van der Waals surface area (Å²) in [6.07, 6.45) is 4.52. The van der Waals surface area contributed by atoms with E-state index >= 15 is 0 Å². The molecule has 0 bridgehead atoms. The molecule has 2 aliphatic heterocycles. The number of nitrogens with one attached hydrogen (secondary N) is 2. The van der Waals surface area contributed by atoms with Gasteiger partial charge in [-0.1, -0.05) is 18.2 Å². The van der Waals surface area contributed by atoms with E-state index in [0.717, 1.165) is 28.8 Å². The summed E-state index contributed by atoms with van der Waals surface area (Å²) in [4.78, 5) is 2.08. The van der Waals surface area contributed by atoms with Crippen molar-refractivity contribution in [2.45, 2.75) is 13.3 Å². The van der Waals surface area contributed by atoms with E-state index in [2.05, 4.69) is 15.6 Å². The van der Waals surface area contributed by atoms with Crippen molar-refractivity contribution in [2.75, 3.05) is 27.2 Å². The minimum absolute atomic E-state index is 0.399. The first-order chi connectivity index (χ1) is 12.8. The van der Waals surface area contributed by atoms with E-state index < -0.39 is 10.2 Å². The number of halogens is 1. The molecule has 2 N–H and O–H groups in total. The number of benzene rings is 1. The number of allylic oxidation sites excluding steroid dienone is 1. The van der Waals surface area contributed by atoms with Gasteiger partial charge in [0, 0.05) is 13.5 Å². The first-order valence-corrected chi connectivity index (χ1v) is 9.70. The van der Waals surface area contributed by atoms with Crippen LogP contribution >= 0.6 is 0 Å². The zero-order valence-electron chi connectivity index (χ0n) is 15.4. The summed E-state index contributed by atoms with van der Waals surface area (Å²) in [5.74, 6) is 0.955. The molecule has 0 atom stereocenters. The van der Waals surface area contributed by atoms with Gasteiger partial charge in [0.05, 0.1) is 10.3 Å². The van der Waals surface area contributed by atoms with Gasteiger partial charge in [0.25, 0.3) is 0 Å². The minimum Gasteiger partial charge on any atom is -0.366 e. The monoisotopic (exact) mass is 396 g/mol. The zero-order valence-corrected chi connectivity index (χ0v) is 16.2. The third-order valence-electron chi connectivity index (χ3n) is 4.16. The van der Waals surface area contributed by atoms with E-state index in [1.165, 1.54) is 0 Å². The minimum atomic E-state index is -4.66. The van der Waals surface area contributed by atoms with Crippen molar-refractivity contribution in [1.82, 2.24) is 20.7 Å². The van der Waals surface area contributed by atoms with Crippen LogP contribution < -0.4 is 24.7 Å². The second-order valence-corrected chi connectivity index (χ2v) is 7.39. The Morgan fingerprint density at radius 1 is 1.26 bits per heavy atom. The van der Waals surface area contributed by atoms with Crippen LogP contribution in [0.5, 0.6) is 0 Å². The number of hydrogen-bond donors (Lipinski definition) is 2. The Balaban J connectivity index is 1.97. The normalized spacial score (nSPS) is 16.3. The van der Waals surface area contributed by atoms with Crippen molar-refractivity contribution in [2.24, 2.45) is 0 Å². The van der Waals surface area contributed by atoms with Gasteiger partial charge < -0.3 is 10.2 Å². The fourth-order valence-electron chi connectivity index (χ4n) is 2.91. The summed E-state index contributed by atoms with van der Waals surface area (Å²) in [6, 6.07) is 7.44. The van der Waals surface area contributed by atoms with Gasteiger partial charge in [0.2, 0.25) is 5.70 Å². The number of hydrazine groups is 1.